The average Bonchev–Trinajstić information content (AvgIpc) is 2.60. The highest BCUT2D eigenvalue weighted by Crippen LogP contribution is 2.17. The molecule has 0 amide bonds. The van der Waals surface area contributed by atoms with Crippen LogP contribution in [0.1, 0.15) is 27.7 Å². The van der Waals surface area contributed by atoms with E-state index in [0.717, 1.165) is 17.1 Å². The van der Waals surface area contributed by atoms with E-state index in [-0.39, 0.29) is 36.1 Å². The number of rotatable bonds is 8. The van der Waals surface area contributed by atoms with E-state index in [2.05, 4.69) is 41.6 Å². The number of guanidine groups is 1. The molecule has 0 aliphatic carbocycles. The van der Waals surface area contributed by atoms with E-state index in [1.807, 2.05) is 56.3 Å². The van der Waals surface area contributed by atoms with Crippen LogP contribution in [0.2, 0.25) is 0 Å². The number of para-hydroxylation sites is 1. The maximum atomic E-state index is 6.05. The summed E-state index contributed by atoms with van der Waals surface area (Å²) in [4.78, 5) is 4.50. The van der Waals surface area contributed by atoms with E-state index in [1.54, 1.807) is 0 Å². The van der Waals surface area contributed by atoms with E-state index in [0.29, 0.717) is 18.4 Å². The van der Waals surface area contributed by atoms with E-state index in [9.17, 15) is 0 Å². The monoisotopic (exact) mass is 482 g/mol. The lowest BCUT2D eigenvalue weighted by Crippen LogP contribution is -2.31. The third kappa shape index (κ3) is 8.51. The summed E-state index contributed by atoms with van der Waals surface area (Å²) < 4.78 is 5.64. The molecule has 2 aromatic carbocycles. The number of nitrogens with zero attached hydrogens (tertiary/aromatic N) is 1. The molecule has 0 saturated heterocycles. The largest absolute Gasteiger partial charge is 0.491 e. The SMILES string of the molecule is CC(C)Oc1ccc(NC(N)=NCC(Nc2ccccc2)C(C)C)cc1.I. The number of nitrogens with one attached hydrogen (secondary N) is 2. The van der Waals surface area contributed by atoms with Crippen LogP contribution in [0.25, 0.3) is 0 Å². The molecule has 0 aromatic heterocycles. The fourth-order valence-electron chi connectivity index (χ4n) is 2.44. The molecule has 0 aliphatic rings. The summed E-state index contributed by atoms with van der Waals surface area (Å²) in [5, 5.41) is 6.64. The first-order valence-corrected chi connectivity index (χ1v) is 9.09. The number of hydrogen-bond acceptors (Lipinski definition) is 3. The summed E-state index contributed by atoms with van der Waals surface area (Å²) in [5.74, 6) is 1.68. The molecule has 0 heterocycles. The van der Waals surface area contributed by atoms with Gasteiger partial charge in [-0.3, -0.25) is 4.99 Å². The van der Waals surface area contributed by atoms with Crippen molar-refractivity contribution in [3.63, 3.8) is 0 Å². The smallest absolute Gasteiger partial charge is 0.193 e. The third-order valence-electron chi connectivity index (χ3n) is 3.89. The second-order valence-corrected chi connectivity index (χ2v) is 6.90. The Kier molecular flexibility index (Phi) is 9.99. The van der Waals surface area contributed by atoms with Gasteiger partial charge in [0.05, 0.1) is 12.6 Å². The molecule has 4 N–H and O–H groups in total. The molecule has 2 rings (SSSR count). The number of ether oxygens (including phenoxy) is 1. The van der Waals surface area contributed by atoms with Gasteiger partial charge >= 0.3 is 0 Å². The Morgan fingerprint density at radius 2 is 1.59 bits per heavy atom. The zero-order valence-corrected chi connectivity index (χ0v) is 18.8. The molecular weight excluding hydrogens is 451 g/mol. The Labute approximate surface area is 179 Å². The van der Waals surface area contributed by atoms with Crippen molar-refractivity contribution in [1.29, 1.82) is 0 Å². The summed E-state index contributed by atoms with van der Waals surface area (Å²) in [6, 6.07) is 18.1. The average molecular weight is 482 g/mol. The molecule has 2 aromatic rings. The van der Waals surface area contributed by atoms with Crippen LogP contribution in [0.5, 0.6) is 5.75 Å². The summed E-state index contributed by atoms with van der Waals surface area (Å²) in [7, 11) is 0. The van der Waals surface area contributed by atoms with Gasteiger partial charge in [0.15, 0.2) is 5.96 Å². The van der Waals surface area contributed by atoms with Crippen LogP contribution in [0.3, 0.4) is 0 Å². The first-order valence-electron chi connectivity index (χ1n) is 9.09. The van der Waals surface area contributed by atoms with Gasteiger partial charge in [0.25, 0.3) is 0 Å². The highest BCUT2D eigenvalue weighted by Gasteiger charge is 2.12. The lowest BCUT2D eigenvalue weighted by atomic mass is 10.0. The van der Waals surface area contributed by atoms with Gasteiger partial charge in [0, 0.05) is 17.4 Å². The Bertz CT molecular complexity index is 687. The van der Waals surface area contributed by atoms with Gasteiger partial charge in [-0.2, -0.15) is 0 Å². The standard InChI is InChI=1S/C21H30N4O.HI/c1-15(2)20(24-17-8-6-5-7-9-17)14-23-21(22)25-18-10-12-19(13-11-18)26-16(3)4;/h5-13,15-16,20,24H,14H2,1-4H3,(H3,22,23,25);1H. The predicted octanol–water partition coefficient (Wildman–Crippen LogP) is 4.96. The van der Waals surface area contributed by atoms with Gasteiger partial charge in [0.2, 0.25) is 0 Å². The van der Waals surface area contributed by atoms with Crippen molar-refractivity contribution in [2.24, 2.45) is 16.6 Å². The fourth-order valence-corrected chi connectivity index (χ4v) is 2.44. The van der Waals surface area contributed by atoms with Crippen molar-refractivity contribution >= 4 is 41.3 Å². The summed E-state index contributed by atoms with van der Waals surface area (Å²) >= 11 is 0. The van der Waals surface area contributed by atoms with Crippen LogP contribution >= 0.6 is 24.0 Å². The lowest BCUT2D eigenvalue weighted by molar-refractivity contribution is 0.242. The van der Waals surface area contributed by atoms with Gasteiger partial charge in [-0.25, -0.2) is 0 Å². The third-order valence-corrected chi connectivity index (χ3v) is 3.89. The Morgan fingerprint density at radius 3 is 2.15 bits per heavy atom. The summed E-state index contributed by atoms with van der Waals surface area (Å²) in [5.41, 5.74) is 8.03. The first kappa shape index (κ1) is 23.1. The van der Waals surface area contributed by atoms with Crippen molar-refractivity contribution in [2.45, 2.75) is 39.8 Å². The Hall–Kier alpha value is -1.96. The van der Waals surface area contributed by atoms with Crippen LogP contribution < -0.4 is 21.1 Å². The first-order chi connectivity index (χ1) is 12.4. The lowest BCUT2D eigenvalue weighted by Gasteiger charge is -2.22. The minimum Gasteiger partial charge on any atom is -0.491 e. The topological polar surface area (TPSA) is 71.7 Å². The normalized spacial score (nSPS) is 12.4. The molecule has 0 spiro atoms. The minimum atomic E-state index is 0. The maximum absolute atomic E-state index is 6.05. The number of anilines is 2. The van der Waals surface area contributed by atoms with Crippen molar-refractivity contribution in [2.75, 3.05) is 17.2 Å². The molecule has 6 heteroatoms. The molecule has 0 saturated carbocycles. The zero-order valence-electron chi connectivity index (χ0n) is 16.5. The van der Waals surface area contributed by atoms with Crippen molar-refractivity contribution in [3.8, 4) is 5.75 Å². The highest BCUT2D eigenvalue weighted by atomic mass is 127. The Morgan fingerprint density at radius 1 is 0.963 bits per heavy atom. The maximum Gasteiger partial charge on any atom is 0.193 e. The Balaban J connectivity index is 0.00000364. The number of hydrogen-bond donors (Lipinski definition) is 3. The molecule has 148 valence electrons. The quantitative estimate of drug-likeness (QED) is 0.283. The number of benzene rings is 2. The van der Waals surface area contributed by atoms with E-state index < -0.39 is 0 Å². The molecule has 27 heavy (non-hydrogen) atoms. The molecule has 0 radical (unpaired) electrons. The highest BCUT2D eigenvalue weighted by molar-refractivity contribution is 14.0. The zero-order chi connectivity index (χ0) is 18.9. The van der Waals surface area contributed by atoms with Crippen molar-refractivity contribution in [3.05, 3.63) is 54.6 Å². The van der Waals surface area contributed by atoms with Crippen LogP contribution in [0.15, 0.2) is 59.6 Å². The molecule has 0 bridgehead atoms. The second-order valence-electron chi connectivity index (χ2n) is 6.90. The van der Waals surface area contributed by atoms with E-state index in [4.69, 9.17) is 10.5 Å². The van der Waals surface area contributed by atoms with Gasteiger partial charge < -0.3 is 21.1 Å². The molecule has 1 atom stereocenters. The fraction of sp³-hybridized carbons (Fsp3) is 0.381. The number of halogens is 1. The number of aliphatic imine (C=N–C) groups is 1. The van der Waals surface area contributed by atoms with Gasteiger partial charge in [0.1, 0.15) is 5.75 Å². The van der Waals surface area contributed by atoms with Gasteiger partial charge in [-0.15, -0.1) is 24.0 Å². The van der Waals surface area contributed by atoms with E-state index >= 15 is 0 Å². The van der Waals surface area contributed by atoms with Crippen LogP contribution in [-0.2, 0) is 0 Å². The molecule has 0 aliphatic heterocycles. The summed E-state index contributed by atoms with van der Waals surface area (Å²) in [6.45, 7) is 8.96. The molecular formula is C21H31IN4O. The van der Waals surface area contributed by atoms with Crippen LogP contribution in [0, 0.1) is 5.92 Å². The van der Waals surface area contributed by atoms with Crippen molar-refractivity contribution in [1.82, 2.24) is 0 Å². The van der Waals surface area contributed by atoms with Gasteiger partial charge in [-0.1, -0.05) is 32.0 Å². The van der Waals surface area contributed by atoms with Crippen LogP contribution in [-0.4, -0.2) is 24.7 Å². The van der Waals surface area contributed by atoms with E-state index in [1.165, 1.54) is 0 Å². The predicted molar refractivity (Wildman–Crippen MR) is 126 cm³/mol. The van der Waals surface area contributed by atoms with Crippen LogP contribution in [0.4, 0.5) is 11.4 Å². The number of nitrogens with two attached hydrogens (primary N) is 1. The molecule has 1 unspecified atom stereocenters. The molecule has 5 nitrogen and oxygen atoms in total. The minimum absolute atomic E-state index is 0. The summed E-state index contributed by atoms with van der Waals surface area (Å²) in [6.07, 6.45) is 0.158. The van der Waals surface area contributed by atoms with Crippen molar-refractivity contribution < 1.29 is 4.74 Å². The second kappa shape index (κ2) is 11.7. The molecule has 0 fully saturated rings. The van der Waals surface area contributed by atoms with Gasteiger partial charge in [-0.05, 0) is 56.2 Å².